The maximum Gasteiger partial charge on any atom is 0.374 e. The van der Waals surface area contributed by atoms with Gasteiger partial charge in [0.25, 0.3) is 0 Å². The van der Waals surface area contributed by atoms with Crippen LogP contribution < -0.4 is 0 Å². The van der Waals surface area contributed by atoms with E-state index in [-0.39, 0.29) is 18.3 Å². The van der Waals surface area contributed by atoms with Gasteiger partial charge in [0, 0.05) is 18.6 Å². The lowest BCUT2D eigenvalue weighted by molar-refractivity contribution is 0.0507. The highest BCUT2D eigenvalue weighted by Gasteiger charge is 2.16. The molecule has 0 radical (unpaired) electrons. The van der Waals surface area contributed by atoms with Crippen molar-refractivity contribution >= 4 is 15.8 Å². The number of esters is 1. The number of carbonyl (C=O) groups is 1. The molecule has 7 heteroatoms. The largest absolute Gasteiger partial charge is 0.460 e. The Kier molecular flexibility index (Phi) is 3.46. The minimum atomic E-state index is -3.20. The van der Waals surface area contributed by atoms with Crippen molar-refractivity contribution in [3.05, 3.63) is 18.2 Å². The fraction of sp³-hybridized carbons (Fsp3) is 0.500. The molecule has 0 bridgehead atoms. The van der Waals surface area contributed by atoms with Crippen LogP contribution in [-0.2, 0) is 20.5 Å². The van der Waals surface area contributed by atoms with Crippen LogP contribution in [0.1, 0.15) is 17.5 Å². The average Bonchev–Trinajstić information content (AvgIpc) is 2.49. The minimum Gasteiger partial charge on any atom is -0.460 e. The summed E-state index contributed by atoms with van der Waals surface area (Å²) in [5, 5.41) is 0. The second-order valence-corrected chi connectivity index (χ2v) is 5.11. The molecule has 1 rings (SSSR count). The third kappa shape index (κ3) is 3.35. The molecule has 0 aliphatic rings. The van der Waals surface area contributed by atoms with Gasteiger partial charge in [-0.25, -0.2) is 18.2 Å². The van der Waals surface area contributed by atoms with E-state index in [1.54, 1.807) is 6.92 Å². The van der Waals surface area contributed by atoms with Crippen LogP contribution >= 0.6 is 0 Å². The van der Waals surface area contributed by atoms with Crippen molar-refractivity contribution in [2.24, 2.45) is 0 Å². The summed E-state index contributed by atoms with van der Waals surface area (Å²) in [5.74, 6) is -0.894. The van der Waals surface area contributed by atoms with Gasteiger partial charge in [0.15, 0.2) is 9.84 Å². The van der Waals surface area contributed by atoms with Crippen molar-refractivity contribution in [3.63, 3.8) is 0 Å². The van der Waals surface area contributed by atoms with Crippen molar-refractivity contribution in [3.8, 4) is 0 Å². The lowest BCUT2D eigenvalue weighted by atomic mass is 10.6. The molecule has 0 N–H and O–H groups in total. The van der Waals surface area contributed by atoms with Crippen molar-refractivity contribution in [2.75, 3.05) is 12.9 Å². The van der Waals surface area contributed by atoms with E-state index >= 15 is 0 Å². The SMILES string of the molecule is CCOC(=O)c1nccn1CS(C)(=O)=O. The van der Waals surface area contributed by atoms with E-state index in [0.717, 1.165) is 6.26 Å². The Hall–Kier alpha value is -1.37. The molecule has 15 heavy (non-hydrogen) atoms. The van der Waals surface area contributed by atoms with E-state index in [1.165, 1.54) is 17.0 Å². The van der Waals surface area contributed by atoms with E-state index in [1.807, 2.05) is 0 Å². The van der Waals surface area contributed by atoms with E-state index in [0.29, 0.717) is 0 Å². The number of hydrogen-bond donors (Lipinski definition) is 0. The van der Waals surface area contributed by atoms with Crippen LogP contribution in [0, 0.1) is 0 Å². The fourth-order valence-electron chi connectivity index (χ4n) is 1.05. The number of imidazole rings is 1. The van der Waals surface area contributed by atoms with Crippen LogP contribution in [0.15, 0.2) is 12.4 Å². The number of carbonyl (C=O) groups excluding carboxylic acids is 1. The second-order valence-electron chi connectivity index (χ2n) is 3.00. The monoisotopic (exact) mass is 232 g/mol. The van der Waals surface area contributed by atoms with Gasteiger partial charge in [-0.05, 0) is 6.92 Å². The van der Waals surface area contributed by atoms with Crippen LogP contribution in [-0.4, -0.2) is 36.8 Å². The molecule has 0 amide bonds. The summed E-state index contributed by atoms with van der Waals surface area (Å²) in [4.78, 5) is 15.1. The van der Waals surface area contributed by atoms with Gasteiger partial charge >= 0.3 is 5.97 Å². The normalized spacial score (nSPS) is 11.3. The van der Waals surface area contributed by atoms with Crippen LogP contribution in [0.25, 0.3) is 0 Å². The minimum absolute atomic E-state index is 0.00211. The zero-order valence-electron chi connectivity index (χ0n) is 8.50. The van der Waals surface area contributed by atoms with E-state index in [4.69, 9.17) is 4.74 Å². The Labute approximate surface area is 87.8 Å². The van der Waals surface area contributed by atoms with Gasteiger partial charge in [0.1, 0.15) is 5.88 Å². The molecule has 0 saturated carbocycles. The predicted octanol–water partition coefficient (Wildman–Crippen LogP) is 0.0619. The highest BCUT2D eigenvalue weighted by Crippen LogP contribution is 2.02. The van der Waals surface area contributed by atoms with Gasteiger partial charge < -0.3 is 9.30 Å². The first-order valence-electron chi connectivity index (χ1n) is 4.30. The molecule has 1 aromatic heterocycles. The first-order chi connectivity index (χ1) is 6.94. The van der Waals surface area contributed by atoms with Crippen LogP contribution in [0.2, 0.25) is 0 Å². The molecule has 0 aromatic carbocycles. The molecule has 0 saturated heterocycles. The lowest BCUT2D eigenvalue weighted by Gasteiger charge is -2.05. The molecule has 0 spiro atoms. The summed E-state index contributed by atoms with van der Waals surface area (Å²) in [6.45, 7) is 1.90. The average molecular weight is 232 g/mol. The van der Waals surface area contributed by atoms with Gasteiger partial charge in [0.2, 0.25) is 5.82 Å². The summed E-state index contributed by atoms with van der Waals surface area (Å²) in [7, 11) is -3.20. The molecule has 0 unspecified atom stereocenters. The molecule has 0 aliphatic heterocycles. The summed E-state index contributed by atoms with van der Waals surface area (Å²) in [5.41, 5.74) is 0. The second kappa shape index (κ2) is 4.43. The number of rotatable bonds is 4. The summed E-state index contributed by atoms with van der Waals surface area (Å²) in [6, 6.07) is 0. The predicted molar refractivity (Wildman–Crippen MR) is 53.0 cm³/mol. The van der Waals surface area contributed by atoms with E-state index in [9.17, 15) is 13.2 Å². The van der Waals surface area contributed by atoms with Gasteiger partial charge in [0.05, 0.1) is 6.61 Å². The molecule has 1 aromatic rings. The van der Waals surface area contributed by atoms with Gasteiger partial charge in [-0.3, -0.25) is 0 Å². The highest BCUT2D eigenvalue weighted by atomic mass is 32.2. The van der Waals surface area contributed by atoms with Crippen LogP contribution in [0.4, 0.5) is 0 Å². The van der Waals surface area contributed by atoms with Crippen LogP contribution in [0.3, 0.4) is 0 Å². The summed E-state index contributed by atoms with van der Waals surface area (Å²) < 4.78 is 28.0. The Morgan fingerprint density at radius 2 is 2.27 bits per heavy atom. The van der Waals surface area contributed by atoms with Crippen molar-refractivity contribution in [1.82, 2.24) is 9.55 Å². The third-order valence-electron chi connectivity index (χ3n) is 1.55. The zero-order chi connectivity index (χ0) is 11.5. The molecule has 84 valence electrons. The highest BCUT2D eigenvalue weighted by molar-refractivity contribution is 7.89. The smallest absolute Gasteiger partial charge is 0.374 e. The standard InChI is InChI=1S/C8H12N2O4S/c1-3-14-8(11)7-9-4-5-10(7)6-15(2,12)13/h4-5H,3,6H2,1-2H3. The number of hydrogen-bond acceptors (Lipinski definition) is 5. The maximum atomic E-state index is 11.3. The van der Waals surface area contributed by atoms with Gasteiger partial charge in [-0.2, -0.15) is 0 Å². The fourth-order valence-corrected chi connectivity index (χ4v) is 1.77. The Balaban J connectivity index is 2.92. The quantitative estimate of drug-likeness (QED) is 0.686. The summed E-state index contributed by atoms with van der Waals surface area (Å²) in [6.07, 6.45) is 3.87. The van der Waals surface area contributed by atoms with Crippen LogP contribution in [0.5, 0.6) is 0 Å². The number of nitrogens with zero attached hydrogens (tertiary/aromatic N) is 2. The Morgan fingerprint density at radius 3 is 2.80 bits per heavy atom. The topological polar surface area (TPSA) is 78.3 Å². The number of aromatic nitrogens is 2. The van der Waals surface area contributed by atoms with Gasteiger partial charge in [-0.1, -0.05) is 0 Å². The van der Waals surface area contributed by atoms with Crippen molar-refractivity contribution in [1.29, 1.82) is 0 Å². The molecule has 1 heterocycles. The molecule has 0 fully saturated rings. The molecule has 6 nitrogen and oxygen atoms in total. The molecular formula is C8H12N2O4S. The Bertz CT molecular complexity index is 449. The third-order valence-corrected chi connectivity index (χ3v) is 2.29. The molecular weight excluding hydrogens is 220 g/mol. The van der Waals surface area contributed by atoms with E-state index in [2.05, 4.69) is 4.98 Å². The molecule has 0 atom stereocenters. The van der Waals surface area contributed by atoms with E-state index < -0.39 is 15.8 Å². The first-order valence-corrected chi connectivity index (χ1v) is 6.36. The van der Waals surface area contributed by atoms with Crippen molar-refractivity contribution in [2.45, 2.75) is 12.8 Å². The number of sulfone groups is 1. The van der Waals surface area contributed by atoms with Gasteiger partial charge in [-0.15, -0.1) is 0 Å². The summed E-state index contributed by atoms with van der Waals surface area (Å²) >= 11 is 0. The first kappa shape index (κ1) is 11.7. The number of ether oxygens (including phenoxy) is 1. The lowest BCUT2D eigenvalue weighted by Crippen LogP contribution is -2.16. The van der Waals surface area contributed by atoms with Crippen molar-refractivity contribution < 1.29 is 17.9 Å². The maximum absolute atomic E-state index is 11.3. The Morgan fingerprint density at radius 1 is 1.60 bits per heavy atom. The zero-order valence-corrected chi connectivity index (χ0v) is 9.32. The molecule has 0 aliphatic carbocycles.